The Morgan fingerprint density at radius 3 is 2.47 bits per heavy atom. The monoisotopic (exact) mass is 261 g/mol. The Bertz CT molecular complexity index is 410. The van der Waals surface area contributed by atoms with E-state index < -0.39 is 0 Å². The molecule has 0 bridgehead atoms. The molecule has 3 nitrogen and oxygen atoms in total. The second-order valence-corrected chi connectivity index (χ2v) is 5.46. The highest BCUT2D eigenvalue weighted by atomic mass is 16.3. The van der Waals surface area contributed by atoms with E-state index in [1.165, 1.54) is 0 Å². The molecule has 1 atom stereocenters. The lowest BCUT2D eigenvalue weighted by Crippen LogP contribution is -2.41. The summed E-state index contributed by atoms with van der Waals surface area (Å²) < 4.78 is 0. The highest BCUT2D eigenvalue weighted by molar-refractivity contribution is 5.83. The first-order valence-corrected chi connectivity index (χ1v) is 7.18. The average molecular weight is 261 g/mol. The van der Waals surface area contributed by atoms with Crippen molar-refractivity contribution in [3.8, 4) is 0 Å². The first kappa shape index (κ1) is 14.1. The summed E-state index contributed by atoms with van der Waals surface area (Å²) in [5.74, 6) is 0.107. The molecule has 1 aromatic carbocycles. The summed E-state index contributed by atoms with van der Waals surface area (Å²) >= 11 is 0. The molecule has 0 spiro atoms. The molecule has 1 amide bonds. The maximum absolute atomic E-state index is 12.5. The van der Waals surface area contributed by atoms with E-state index in [4.69, 9.17) is 0 Å². The smallest absolute Gasteiger partial charge is 0.226 e. The molecule has 0 aromatic heterocycles. The van der Waals surface area contributed by atoms with Crippen LogP contribution in [-0.2, 0) is 4.79 Å². The Kier molecular flexibility index (Phi) is 4.59. The van der Waals surface area contributed by atoms with Crippen molar-refractivity contribution in [3.05, 3.63) is 35.9 Å². The van der Waals surface area contributed by atoms with Gasteiger partial charge in [-0.25, -0.2) is 0 Å². The Balaban J connectivity index is 2.08. The Hall–Kier alpha value is -1.35. The van der Waals surface area contributed by atoms with Crippen LogP contribution in [0.3, 0.4) is 0 Å². The van der Waals surface area contributed by atoms with Gasteiger partial charge in [0.15, 0.2) is 0 Å². The summed E-state index contributed by atoms with van der Waals surface area (Å²) in [5.41, 5.74) is 0.755. The van der Waals surface area contributed by atoms with Crippen molar-refractivity contribution in [1.82, 2.24) is 5.32 Å². The van der Waals surface area contributed by atoms with Crippen LogP contribution in [0.15, 0.2) is 30.3 Å². The van der Waals surface area contributed by atoms with Crippen LogP contribution >= 0.6 is 0 Å². The van der Waals surface area contributed by atoms with Crippen molar-refractivity contribution in [2.24, 2.45) is 5.41 Å². The van der Waals surface area contributed by atoms with E-state index in [-0.39, 0.29) is 24.0 Å². The number of carbonyl (C=O) groups is 1. The van der Waals surface area contributed by atoms with Gasteiger partial charge in [-0.15, -0.1) is 0 Å². The summed E-state index contributed by atoms with van der Waals surface area (Å²) in [5, 5.41) is 12.5. The summed E-state index contributed by atoms with van der Waals surface area (Å²) in [6.45, 7) is 2.02. The van der Waals surface area contributed by atoms with E-state index in [2.05, 4.69) is 12.2 Å². The minimum atomic E-state index is -0.294. The predicted molar refractivity (Wildman–Crippen MR) is 75.6 cm³/mol. The maximum Gasteiger partial charge on any atom is 0.226 e. The van der Waals surface area contributed by atoms with Crippen LogP contribution in [0.1, 0.15) is 50.6 Å². The largest absolute Gasteiger partial charge is 0.394 e. The zero-order valence-corrected chi connectivity index (χ0v) is 11.6. The molecule has 1 aromatic rings. The van der Waals surface area contributed by atoms with Crippen LogP contribution in [0.5, 0.6) is 0 Å². The Morgan fingerprint density at radius 2 is 1.95 bits per heavy atom. The summed E-state index contributed by atoms with van der Waals surface area (Å²) in [6.07, 6.45) is 5.10. The maximum atomic E-state index is 12.5. The summed E-state index contributed by atoms with van der Waals surface area (Å²) in [7, 11) is 0. The molecule has 0 radical (unpaired) electrons. The highest BCUT2D eigenvalue weighted by Crippen LogP contribution is 2.41. The van der Waals surface area contributed by atoms with Crippen LogP contribution in [0.2, 0.25) is 0 Å². The standard InChI is InChI=1S/C16H23NO2/c1-2-16(10-6-7-11-16)15(19)17-14(12-18)13-8-4-3-5-9-13/h3-5,8-9,14,18H,2,6-7,10-12H2,1H3,(H,17,19)/t14-/m0/s1. The first-order valence-electron chi connectivity index (χ1n) is 7.18. The molecule has 1 saturated carbocycles. The van der Waals surface area contributed by atoms with E-state index >= 15 is 0 Å². The van der Waals surface area contributed by atoms with Crippen LogP contribution < -0.4 is 5.32 Å². The molecular weight excluding hydrogens is 238 g/mol. The van der Waals surface area contributed by atoms with Gasteiger partial charge < -0.3 is 10.4 Å². The number of aliphatic hydroxyl groups is 1. The van der Waals surface area contributed by atoms with Gasteiger partial charge in [0, 0.05) is 5.41 Å². The minimum absolute atomic E-state index is 0.0600. The third-order valence-corrected chi connectivity index (χ3v) is 4.41. The topological polar surface area (TPSA) is 49.3 Å². The van der Waals surface area contributed by atoms with Crippen LogP contribution in [0.25, 0.3) is 0 Å². The fraction of sp³-hybridized carbons (Fsp3) is 0.562. The molecule has 3 heteroatoms. The molecule has 2 rings (SSSR count). The van der Waals surface area contributed by atoms with Gasteiger partial charge >= 0.3 is 0 Å². The molecule has 0 unspecified atom stereocenters. The van der Waals surface area contributed by atoms with Crippen molar-refractivity contribution in [3.63, 3.8) is 0 Å². The molecule has 104 valence electrons. The molecule has 1 aliphatic rings. The number of hydrogen-bond donors (Lipinski definition) is 2. The van der Waals surface area contributed by atoms with Crippen molar-refractivity contribution in [2.45, 2.75) is 45.1 Å². The quantitative estimate of drug-likeness (QED) is 0.856. The van der Waals surface area contributed by atoms with Gasteiger partial charge in [-0.1, -0.05) is 50.1 Å². The lowest BCUT2D eigenvalue weighted by atomic mass is 9.82. The van der Waals surface area contributed by atoms with Gasteiger partial charge in [0.05, 0.1) is 12.6 Å². The minimum Gasteiger partial charge on any atom is -0.394 e. The van der Waals surface area contributed by atoms with Gasteiger partial charge in [0.2, 0.25) is 5.91 Å². The van der Waals surface area contributed by atoms with E-state index in [1.807, 2.05) is 30.3 Å². The average Bonchev–Trinajstić information content (AvgIpc) is 2.95. The summed E-state index contributed by atoms with van der Waals surface area (Å²) in [6, 6.07) is 9.37. The van der Waals surface area contributed by atoms with Gasteiger partial charge in [-0.2, -0.15) is 0 Å². The number of amides is 1. The van der Waals surface area contributed by atoms with Gasteiger partial charge in [-0.3, -0.25) is 4.79 Å². The van der Waals surface area contributed by atoms with Crippen molar-refractivity contribution in [2.75, 3.05) is 6.61 Å². The summed E-state index contributed by atoms with van der Waals surface area (Å²) in [4.78, 5) is 12.5. The third kappa shape index (κ3) is 2.98. The molecule has 1 fully saturated rings. The zero-order valence-electron chi connectivity index (χ0n) is 11.6. The Morgan fingerprint density at radius 1 is 1.32 bits per heavy atom. The molecule has 0 heterocycles. The van der Waals surface area contributed by atoms with Crippen LogP contribution in [0.4, 0.5) is 0 Å². The van der Waals surface area contributed by atoms with Crippen molar-refractivity contribution in [1.29, 1.82) is 0 Å². The molecule has 2 N–H and O–H groups in total. The fourth-order valence-electron chi connectivity index (χ4n) is 3.02. The highest BCUT2D eigenvalue weighted by Gasteiger charge is 2.39. The number of nitrogens with one attached hydrogen (secondary N) is 1. The number of benzene rings is 1. The second-order valence-electron chi connectivity index (χ2n) is 5.46. The van der Waals surface area contributed by atoms with Crippen LogP contribution in [-0.4, -0.2) is 17.6 Å². The fourth-order valence-corrected chi connectivity index (χ4v) is 3.02. The Labute approximate surface area is 115 Å². The van der Waals surface area contributed by atoms with Gasteiger partial charge in [0.25, 0.3) is 0 Å². The van der Waals surface area contributed by atoms with Gasteiger partial charge in [-0.05, 0) is 24.8 Å². The van der Waals surface area contributed by atoms with E-state index in [1.54, 1.807) is 0 Å². The van der Waals surface area contributed by atoms with Crippen molar-refractivity contribution >= 4 is 5.91 Å². The number of carbonyl (C=O) groups excluding carboxylic acids is 1. The van der Waals surface area contributed by atoms with E-state index in [9.17, 15) is 9.90 Å². The normalized spacial score (nSPS) is 19.1. The molecule has 19 heavy (non-hydrogen) atoms. The lowest BCUT2D eigenvalue weighted by molar-refractivity contribution is -0.132. The third-order valence-electron chi connectivity index (χ3n) is 4.41. The number of aliphatic hydroxyl groups excluding tert-OH is 1. The molecular formula is C16H23NO2. The molecule has 0 saturated heterocycles. The van der Waals surface area contributed by atoms with Gasteiger partial charge in [0.1, 0.15) is 0 Å². The number of hydrogen-bond acceptors (Lipinski definition) is 2. The van der Waals surface area contributed by atoms with E-state index in [0.717, 1.165) is 37.7 Å². The lowest BCUT2D eigenvalue weighted by Gasteiger charge is -2.29. The molecule has 1 aliphatic carbocycles. The van der Waals surface area contributed by atoms with Crippen LogP contribution in [0, 0.1) is 5.41 Å². The predicted octanol–water partition coefficient (Wildman–Crippen LogP) is 2.81. The second kappa shape index (κ2) is 6.20. The van der Waals surface area contributed by atoms with E-state index in [0.29, 0.717) is 0 Å². The number of rotatable bonds is 5. The first-order chi connectivity index (χ1) is 9.22. The zero-order chi connectivity index (χ0) is 13.7. The van der Waals surface area contributed by atoms with Crippen molar-refractivity contribution < 1.29 is 9.90 Å². The molecule has 0 aliphatic heterocycles. The SMILES string of the molecule is CCC1(C(=O)N[C@@H](CO)c2ccccc2)CCCC1.